The highest BCUT2D eigenvalue weighted by atomic mass is 16.3. The van der Waals surface area contributed by atoms with Crippen LogP contribution in [0.3, 0.4) is 0 Å². The number of unbranched alkanes of at least 4 members (excludes halogenated alkanes) is 1. The highest BCUT2D eigenvalue weighted by molar-refractivity contribution is 5.05. The van der Waals surface area contributed by atoms with Crippen LogP contribution in [-0.2, 0) is 6.54 Å². The summed E-state index contributed by atoms with van der Waals surface area (Å²) in [5.74, 6) is 1.94. The van der Waals surface area contributed by atoms with Crippen molar-refractivity contribution < 1.29 is 4.42 Å². The number of hydrogen-bond donors (Lipinski definition) is 1. The molecule has 94 valence electrons. The van der Waals surface area contributed by atoms with Gasteiger partial charge in [-0.25, -0.2) is 0 Å². The van der Waals surface area contributed by atoms with Crippen molar-refractivity contribution in [3.05, 3.63) is 23.7 Å². The van der Waals surface area contributed by atoms with E-state index < -0.39 is 0 Å². The standard InChI is InChI=1S/C14H22N2O/c1-12-6-7-13(17-12)10-16-9-5-4-8-14(2,3)11-15/h6-7,16H,4-5,8-10H2,1-3H3. The van der Waals surface area contributed by atoms with Gasteiger partial charge >= 0.3 is 0 Å². The Bertz CT molecular complexity index is 374. The first-order chi connectivity index (χ1) is 8.03. The maximum Gasteiger partial charge on any atom is 0.117 e. The number of nitrogens with zero attached hydrogens (tertiary/aromatic N) is 1. The Balaban J connectivity index is 2.04. The van der Waals surface area contributed by atoms with Crippen LogP contribution in [0.5, 0.6) is 0 Å². The molecule has 1 rings (SSSR count). The summed E-state index contributed by atoms with van der Waals surface area (Å²) in [6, 6.07) is 6.31. The van der Waals surface area contributed by atoms with Gasteiger partial charge in [0.25, 0.3) is 0 Å². The largest absolute Gasteiger partial charge is 0.465 e. The molecule has 0 amide bonds. The van der Waals surface area contributed by atoms with Gasteiger partial charge in [0.15, 0.2) is 0 Å². The molecule has 1 N–H and O–H groups in total. The number of nitriles is 1. The van der Waals surface area contributed by atoms with Gasteiger partial charge in [-0.15, -0.1) is 0 Å². The molecule has 17 heavy (non-hydrogen) atoms. The van der Waals surface area contributed by atoms with Crippen LogP contribution in [0.1, 0.15) is 44.6 Å². The number of aryl methyl sites for hydroxylation is 1. The second-order valence-corrected chi connectivity index (χ2v) is 5.14. The Morgan fingerprint density at radius 3 is 2.71 bits per heavy atom. The van der Waals surface area contributed by atoms with Crippen LogP contribution in [0.15, 0.2) is 16.5 Å². The van der Waals surface area contributed by atoms with E-state index >= 15 is 0 Å². The van der Waals surface area contributed by atoms with E-state index in [1.165, 1.54) is 0 Å². The molecule has 0 aliphatic heterocycles. The maximum atomic E-state index is 8.87. The first kappa shape index (κ1) is 13.8. The monoisotopic (exact) mass is 234 g/mol. The van der Waals surface area contributed by atoms with E-state index in [9.17, 15) is 0 Å². The van der Waals surface area contributed by atoms with Crippen LogP contribution in [0, 0.1) is 23.7 Å². The van der Waals surface area contributed by atoms with Crippen LogP contribution < -0.4 is 5.32 Å². The molecule has 0 aromatic carbocycles. The molecule has 0 unspecified atom stereocenters. The van der Waals surface area contributed by atoms with Crippen molar-refractivity contribution in [1.82, 2.24) is 5.32 Å². The molecule has 3 nitrogen and oxygen atoms in total. The van der Waals surface area contributed by atoms with Gasteiger partial charge in [-0.2, -0.15) is 5.26 Å². The van der Waals surface area contributed by atoms with E-state index in [1.807, 2.05) is 32.9 Å². The van der Waals surface area contributed by atoms with Gasteiger partial charge in [0.2, 0.25) is 0 Å². The average molecular weight is 234 g/mol. The normalized spacial score (nSPS) is 11.4. The molecule has 1 aromatic heterocycles. The summed E-state index contributed by atoms with van der Waals surface area (Å²) in [7, 11) is 0. The van der Waals surface area contributed by atoms with Crippen LogP contribution in [0.25, 0.3) is 0 Å². The van der Waals surface area contributed by atoms with Gasteiger partial charge in [0.1, 0.15) is 11.5 Å². The average Bonchev–Trinajstić information content (AvgIpc) is 2.69. The predicted molar refractivity (Wildman–Crippen MR) is 68.4 cm³/mol. The van der Waals surface area contributed by atoms with Crippen molar-refractivity contribution in [2.75, 3.05) is 6.54 Å². The zero-order valence-corrected chi connectivity index (χ0v) is 11.0. The fourth-order valence-corrected chi connectivity index (χ4v) is 1.66. The minimum atomic E-state index is -0.182. The molecular formula is C14H22N2O. The molecule has 1 aromatic rings. The highest BCUT2D eigenvalue weighted by Gasteiger charge is 2.15. The third kappa shape index (κ3) is 5.55. The molecule has 0 aliphatic carbocycles. The number of rotatable bonds is 7. The number of nitrogens with one attached hydrogen (secondary N) is 1. The van der Waals surface area contributed by atoms with Crippen LogP contribution in [0.2, 0.25) is 0 Å². The van der Waals surface area contributed by atoms with E-state index in [4.69, 9.17) is 9.68 Å². The molecule has 1 heterocycles. The van der Waals surface area contributed by atoms with Gasteiger partial charge in [-0.3, -0.25) is 0 Å². The number of hydrogen-bond acceptors (Lipinski definition) is 3. The lowest BCUT2D eigenvalue weighted by Gasteiger charge is -2.14. The van der Waals surface area contributed by atoms with Gasteiger partial charge in [-0.1, -0.05) is 6.42 Å². The van der Waals surface area contributed by atoms with Crippen molar-refractivity contribution in [2.24, 2.45) is 5.41 Å². The Morgan fingerprint density at radius 1 is 1.35 bits per heavy atom. The second kappa shape index (κ2) is 6.46. The summed E-state index contributed by atoms with van der Waals surface area (Å²) < 4.78 is 5.46. The van der Waals surface area contributed by atoms with Crippen LogP contribution >= 0.6 is 0 Å². The van der Waals surface area contributed by atoms with Crippen molar-refractivity contribution in [3.8, 4) is 6.07 Å². The predicted octanol–water partition coefficient (Wildman–Crippen LogP) is 3.40. The summed E-state index contributed by atoms with van der Waals surface area (Å²) in [6.45, 7) is 7.70. The van der Waals surface area contributed by atoms with Crippen LogP contribution in [0.4, 0.5) is 0 Å². The zero-order chi connectivity index (χ0) is 12.7. The molecular weight excluding hydrogens is 212 g/mol. The summed E-state index contributed by atoms with van der Waals surface area (Å²) in [5, 5.41) is 12.2. The molecule has 0 bridgehead atoms. The summed E-state index contributed by atoms with van der Waals surface area (Å²) in [4.78, 5) is 0. The maximum absolute atomic E-state index is 8.87. The third-order valence-electron chi connectivity index (χ3n) is 2.80. The summed E-state index contributed by atoms with van der Waals surface area (Å²) in [6.07, 6.45) is 3.15. The van der Waals surface area contributed by atoms with E-state index in [0.29, 0.717) is 0 Å². The fraction of sp³-hybridized carbons (Fsp3) is 0.643. The van der Waals surface area contributed by atoms with Gasteiger partial charge in [-0.05, 0) is 52.3 Å². The molecule has 0 saturated heterocycles. The smallest absolute Gasteiger partial charge is 0.117 e. The second-order valence-electron chi connectivity index (χ2n) is 5.14. The van der Waals surface area contributed by atoms with E-state index in [-0.39, 0.29) is 5.41 Å². The molecule has 0 radical (unpaired) electrons. The third-order valence-corrected chi connectivity index (χ3v) is 2.80. The lowest BCUT2D eigenvalue weighted by atomic mass is 9.89. The Hall–Kier alpha value is -1.27. The van der Waals surface area contributed by atoms with E-state index in [0.717, 1.165) is 43.9 Å². The zero-order valence-electron chi connectivity index (χ0n) is 11.0. The topological polar surface area (TPSA) is 49.0 Å². The number of furan rings is 1. The molecule has 0 fully saturated rings. The highest BCUT2D eigenvalue weighted by Crippen LogP contribution is 2.21. The van der Waals surface area contributed by atoms with Crippen molar-refractivity contribution in [1.29, 1.82) is 5.26 Å². The summed E-state index contributed by atoms with van der Waals surface area (Å²) >= 11 is 0. The first-order valence-corrected chi connectivity index (χ1v) is 6.21. The van der Waals surface area contributed by atoms with Crippen LogP contribution in [-0.4, -0.2) is 6.54 Å². The quantitative estimate of drug-likeness (QED) is 0.736. The Kier molecular flexibility index (Phi) is 5.24. The molecule has 0 atom stereocenters. The van der Waals surface area contributed by atoms with Crippen molar-refractivity contribution in [2.45, 2.75) is 46.6 Å². The minimum absolute atomic E-state index is 0.182. The molecule has 0 saturated carbocycles. The molecule has 0 spiro atoms. The van der Waals surface area contributed by atoms with E-state index in [1.54, 1.807) is 0 Å². The lowest BCUT2D eigenvalue weighted by Crippen LogP contribution is -2.15. The molecule has 3 heteroatoms. The lowest BCUT2D eigenvalue weighted by molar-refractivity contribution is 0.416. The Morgan fingerprint density at radius 2 is 2.12 bits per heavy atom. The fourth-order valence-electron chi connectivity index (χ4n) is 1.66. The van der Waals surface area contributed by atoms with Gasteiger partial charge in [0.05, 0.1) is 18.0 Å². The van der Waals surface area contributed by atoms with Gasteiger partial charge < -0.3 is 9.73 Å². The van der Waals surface area contributed by atoms with E-state index in [2.05, 4.69) is 11.4 Å². The van der Waals surface area contributed by atoms with Crippen molar-refractivity contribution >= 4 is 0 Å². The Labute approximate surface area is 104 Å². The van der Waals surface area contributed by atoms with Crippen molar-refractivity contribution in [3.63, 3.8) is 0 Å². The first-order valence-electron chi connectivity index (χ1n) is 6.21. The molecule has 0 aliphatic rings. The van der Waals surface area contributed by atoms with Gasteiger partial charge in [0, 0.05) is 0 Å². The minimum Gasteiger partial charge on any atom is -0.465 e. The SMILES string of the molecule is Cc1ccc(CNCCCCC(C)(C)C#N)o1. The summed E-state index contributed by atoms with van der Waals surface area (Å²) in [5.41, 5.74) is -0.182.